The molecule has 0 bridgehead atoms. The molecule has 8 nitrogen and oxygen atoms in total. The molecule has 0 fully saturated rings. The summed E-state index contributed by atoms with van der Waals surface area (Å²) < 4.78 is 0. The van der Waals surface area contributed by atoms with Gasteiger partial charge < -0.3 is 5.32 Å². The van der Waals surface area contributed by atoms with E-state index < -0.39 is 11.0 Å². The number of thiocarbonyl (C=S) groups is 1. The number of pyridine rings is 2. The monoisotopic (exact) mass is 391 g/mol. The second kappa shape index (κ2) is 7.12. The molecule has 138 valence electrons. The van der Waals surface area contributed by atoms with Gasteiger partial charge in [-0.1, -0.05) is 24.4 Å². The lowest BCUT2D eigenvalue weighted by Crippen LogP contribution is -2.34. The van der Waals surface area contributed by atoms with E-state index in [2.05, 4.69) is 15.3 Å². The molecule has 1 aliphatic heterocycles. The summed E-state index contributed by atoms with van der Waals surface area (Å²) in [6, 6.07) is 12.8. The predicted octanol–water partition coefficient (Wildman–Crippen LogP) is 3.78. The Bertz CT molecular complexity index is 1100. The number of nitrogens with zero attached hydrogens (tertiary/aromatic N) is 4. The van der Waals surface area contributed by atoms with Crippen LogP contribution in [-0.2, 0) is 6.54 Å². The average Bonchev–Trinajstić information content (AvgIpc) is 3.05. The number of carbonyl (C=O) groups is 1. The van der Waals surface area contributed by atoms with Crippen molar-refractivity contribution in [1.82, 2.24) is 14.9 Å². The maximum Gasteiger partial charge on any atom is 0.327 e. The van der Waals surface area contributed by atoms with Crippen LogP contribution < -0.4 is 5.32 Å². The number of amides is 2. The maximum absolute atomic E-state index is 12.7. The zero-order valence-electron chi connectivity index (χ0n) is 14.4. The van der Waals surface area contributed by atoms with E-state index in [0.717, 1.165) is 11.3 Å². The molecule has 3 heterocycles. The van der Waals surface area contributed by atoms with Gasteiger partial charge in [0.15, 0.2) is 0 Å². The Morgan fingerprint density at radius 2 is 1.89 bits per heavy atom. The molecule has 0 aliphatic carbocycles. The highest BCUT2D eigenvalue weighted by Gasteiger charge is 2.31. The highest BCUT2D eigenvalue weighted by molar-refractivity contribution is 7.80. The minimum Gasteiger partial charge on any atom is -0.302 e. The molecule has 0 unspecified atom stereocenters. The standard InChI is InChI=1S/C19H13N5O3S/c25-19(22-15-3-1-2-4-17(15)24(26)27)23-11-16-13(18(23)28)5-6-14(21-16)12-7-9-20-10-8-12/h1-10H,11H2,(H,22,25). The van der Waals surface area contributed by atoms with Gasteiger partial charge in [-0.25, -0.2) is 4.79 Å². The lowest BCUT2D eigenvalue weighted by Gasteiger charge is -2.16. The van der Waals surface area contributed by atoms with Crippen LogP contribution in [0.25, 0.3) is 11.3 Å². The fraction of sp³-hybridized carbons (Fsp3) is 0.0526. The van der Waals surface area contributed by atoms with Crippen LogP contribution in [0.4, 0.5) is 16.2 Å². The van der Waals surface area contributed by atoms with Crippen molar-refractivity contribution in [1.29, 1.82) is 0 Å². The van der Waals surface area contributed by atoms with Gasteiger partial charge in [0, 0.05) is 29.6 Å². The number of rotatable bonds is 3. The van der Waals surface area contributed by atoms with Crippen molar-refractivity contribution in [2.45, 2.75) is 6.54 Å². The zero-order chi connectivity index (χ0) is 19.7. The van der Waals surface area contributed by atoms with Gasteiger partial charge in [0.25, 0.3) is 5.69 Å². The van der Waals surface area contributed by atoms with Crippen molar-refractivity contribution < 1.29 is 9.72 Å². The summed E-state index contributed by atoms with van der Waals surface area (Å²) in [7, 11) is 0. The molecule has 1 N–H and O–H groups in total. The van der Waals surface area contributed by atoms with Crippen molar-refractivity contribution in [3.63, 3.8) is 0 Å². The average molecular weight is 391 g/mol. The quantitative estimate of drug-likeness (QED) is 0.414. The van der Waals surface area contributed by atoms with Crippen LogP contribution in [0.3, 0.4) is 0 Å². The van der Waals surface area contributed by atoms with Gasteiger partial charge in [-0.05, 0) is 30.3 Å². The number of nitrogens with one attached hydrogen (secondary N) is 1. The molecule has 1 aromatic carbocycles. The van der Waals surface area contributed by atoms with E-state index in [1.54, 1.807) is 18.5 Å². The molecule has 0 radical (unpaired) electrons. The van der Waals surface area contributed by atoms with Crippen LogP contribution in [0.15, 0.2) is 60.9 Å². The van der Waals surface area contributed by atoms with Gasteiger partial charge in [-0.2, -0.15) is 0 Å². The molecule has 9 heteroatoms. The molecule has 0 atom stereocenters. The molecular formula is C19H13N5O3S. The van der Waals surface area contributed by atoms with E-state index in [0.29, 0.717) is 16.2 Å². The van der Waals surface area contributed by atoms with Gasteiger partial charge in [0.05, 0.1) is 22.9 Å². The van der Waals surface area contributed by atoms with Crippen LogP contribution >= 0.6 is 12.2 Å². The lowest BCUT2D eigenvalue weighted by molar-refractivity contribution is -0.383. The van der Waals surface area contributed by atoms with Gasteiger partial charge in [-0.3, -0.25) is 25.0 Å². The number of anilines is 1. The van der Waals surface area contributed by atoms with Crippen LogP contribution in [-0.4, -0.2) is 30.8 Å². The summed E-state index contributed by atoms with van der Waals surface area (Å²) in [6.07, 6.45) is 3.36. The number of hydrogen-bond donors (Lipinski definition) is 1. The molecular weight excluding hydrogens is 378 g/mol. The van der Waals surface area contributed by atoms with Crippen LogP contribution in [0.5, 0.6) is 0 Å². The number of nitro benzene ring substituents is 1. The third-order valence-corrected chi connectivity index (χ3v) is 4.76. The molecule has 0 saturated heterocycles. The van der Waals surface area contributed by atoms with Crippen molar-refractivity contribution in [2.24, 2.45) is 0 Å². The molecule has 0 saturated carbocycles. The predicted molar refractivity (Wildman–Crippen MR) is 107 cm³/mol. The van der Waals surface area contributed by atoms with E-state index in [-0.39, 0.29) is 17.9 Å². The highest BCUT2D eigenvalue weighted by Crippen LogP contribution is 2.28. The molecule has 4 rings (SSSR count). The fourth-order valence-electron chi connectivity index (χ4n) is 2.95. The second-order valence-corrected chi connectivity index (χ2v) is 6.41. The third kappa shape index (κ3) is 3.19. The number of para-hydroxylation sites is 2. The summed E-state index contributed by atoms with van der Waals surface area (Å²) in [4.78, 5) is 33.6. The SMILES string of the molecule is O=C(Nc1ccccc1[N+](=O)[O-])N1Cc2nc(-c3ccncc3)ccc2C1=S. The molecule has 2 aromatic heterocycles. The lowest BCUT2D eigenvalue weighted by atomic mass is 10.1. The third-order valence-electron chi connectivity index (χ3n) is 4.32. The Morgan fingerprint density at radius 3 is 2.64 bits per heavy atom. The summed E-state index contributed by atoms with van der Waals surface area (Å²) in [5.41, 5.74) is 2.97. The van der Waals surface area contributed by atoms with E-state index >= 15 is 0 Å². The first-order valence-electron chi connectivity index (χ1n) is 8.31. The van der Waals surface area contributed by atoms with Crippen molar-refractivity contribution in [2.75, 3.05) is 5.32 Å². The number of benzene rings is 1. The van der Waals surface area contributed by atoms with E-state index in [9.17, 15) is 14.9 Å². The van der Waals surface area contributed by atoms with Gasteiger partial charge in [0.1, 0.15) is 10.7 Å². The number of aromatic nitrogens is 2. The zero-order valence-corrected chi connectivity index (χ0v) is 15.2. The number of urea groups is 1. The van der Waals surface area contributed by atoms with Crippen molar-refractivity contribution >= 4 is 34.6 Å². The Labute approximate surface area is 165 Å². The Kier molecular flexibility index (Phi) is 4.50. The van der Waals surface area contributed by atoms with Crippen molar-refractivity contribution in [3.8, 4) is 11.3 Å². The largest absolute Gasteiger partial charge is 0.327 e. The molecule has 2 amide bonds. The minimum atomic E-state index is -0.546. The van der Waals surface area contributed by atoms with E-state index in [1.807, 2.05) is 24.3 Å². The topological polar surface area (TPSA) is 101 Å². The molecule has 0 spiro atoms. The number of hydrogen-bond acceptors (Lipinski definition) is 6. The Balaban J connectivity index is 1.58. The number of carbonyl (C=O) groups excluding carboxylic acids is 1. The van der Waals surface area contributed by atoms with E-state index in [4.69, 9.17) is 12.2 Å². The van der Waals surface area contributed by atoms with Crippen LogP contribution in [0, 0.1) is 10.1 Å². The molecule has 28 heavy (non-hydrogen) atoms. The summed E-state index contributed by atoms with van der Waals surface area (Å²) in [5, 5.41) is 13.7. The van der Waals surface area contributed by atoms with Crippen molar-refractivity contribution in [3.05, 3.63) is 82.3 Å². The normalized spacial score (nSPS) is 12.6. The number of nitro groups is 1. The summed E-state index contributed by atoms with van der Waals surface area (Å²) >= 11 is 5.41. The second-order valence-electron chi connectivity index (χ2n) is 6.02. The Morgan fingerprint density at radius 1 is 1.14 bits per heavy atom. The fourth-order valence-corrected chi connectivity index (χ4v) is 3.29. The summed E-state index contributed by atoms with van der Waals surface area (Å²) in [5.74, 6) is 0. The van der Waals surface area contributed by atoms with Gasteiger partial charge >= 0.3 is 6.03 Å². The van der Waals surface area contributed by atoms with Gasteiger partial charge in [-0.15, -0.1) is 0 Å². The van der Waals surface area contributed by atoms with Crippen LogP contribution in [0.1, 0.15) is 11.3 Å². The summed E-state index contributed by atoms with van der Waals surface area (Å²) in [6.45, 7) is 0.194. The van der Waals surface area contributed by atoms with Crippen LogP contribution in [0.2, 0.25) is 0 Å². The van der Waals surface area contributed by atoms with Gasteiger partial charge in [0.2, 0.25) is 0 Å². The molecule has 1 aliphatic rings. The highest BCUT2D eigenvalue weighted by atomic mass is 32.1. The molecule has 3 aromatic rings. The first kappa shape index (κ1) is 17.7. The smallest absolute Gasteiger partial charge is 0.302 e. The van der Waals surface area contributed by atoms with E-state index in [1.165, 1.54) is 23.1 Å². The maximum atomic E-state index is 12.7. The minimum absolute atomic E-state index is 0.113. The first-order valence-corrected chi connectivity index (χ1v) is 8.72. The first-order chi connectivity index (χ1) is 13.5. The number of fused-ring (bicyclic) bond motifs is 1. The Hall–Kier alpha value is -3.72.